The number of hydrogen-bond acceptors (Lipinski definition) is 3. The predicted molar refractivity (Wildman–Crippen MR) is 75.6 cm³/mol. The fraction of sp³-hybridized carbons (Fsp3) is 0.467. The summed E-state index contributed by atoms with van der Waals surface area (Å²) in [4.78, 5) is 12.1. The second kappa shape index (κ2) is 6.92. The van der Waals surface area contributed by atoms with E-state index in [0.717, 1.165) is 18.6 Å². The zero-order valence-corrected chi connectivity index (χ0v) is 11.3. The van der Waals surface area contributed by atoms with Crippen LogP contribution in [-0.4, -0.2) is 18.7 Å². The van der Waals surface area contributed by atoms with E-state index in [2.05, 4.69) is 10.5 Å². The van der Waals surface area contributed by atoms with Gasteiger partial charge in [-0.25, -0.2) is 5.43 Å². The Morgan fingerprint density at radius 2 is 1.84 bits per heavy atom. The topological polar surface area (TPSA) is 50.7 Å². The van der Waals surface area contributed by atoms with Crippen LogP contribution < -0.4 is 10.2 Å². The molecule has 1 fully saturated rings. The highest BCUT2D eigenvalue weighted by Gasteiger charge is 2.11. The molecule has 1 aliphatic rings. The van der Waals surface area contributed by atoms with E-state index in [9.17, 15) is 4.79 Å². The van der Waals surface area contributed by atoms with Crippen LogP contribution in [0.5, 0.6) is 5.75 Å². The van der Waals surface area contributed by atoms with Crippen LogP contribution in [0.2, 0.25) is 0 Å². The van der Waals surface area contributed by atoms with Gasteiger partial charge in [0.15, 0.2) is 0 Å². The van der Waals surface area contributed by atoms with Crippen molar-refractivity contribution in [1.82, 2.24) is 5.43 Å². The Labute approximate surface area is 113 Å². The molecule has 1 amide bonds. The molecule has 0 heterocycles. The number of methoxy groups -OCH3 is 1. The van der Waals surface area contributed by atoms with Gasteiger partial charge in [0.1, 0.15) is 5.75 Å². The maximum absolute atomic E-state index is 12.1. The number of nitrogens with one attached hydrogen (secondary N) is 1. The van der Waals surface area contributed by atoms with Crippen LogP contribution in [0.4, 0.5) is 0 Å². The molecule has 2 rings (SSSR count). The summed E-state index contributed by atoms with van der Waals surface area (Å²) in [5.41, 5.74) is 4.25. The van der Waals surface area contributed by atoms with E-state index in [1.165, 1.54) is 25.7 Å². The van der Waals surface area contributed by atoms with Gasteiger partial charge in [-0.05, 0) is 37.8 Å². The molecule has 0 unspecified atom stereocenters. The molecule has 0 atom stereocenters. The Morgan fingerprint density at radius 3 is 2.53 bits per heavy atom. The van der Waals surface area contributed by atoms with Crippen molar-refractivity contribution in [3.63, 3.8) is 0 Å². The molecule has 1 aromatic rings. The van der Waals surface area contributed by atoms with Gasteiger partial charge in [0, 0.05) is 5.71 Å². The van der Waals surface area contributed by atoms with Gasteiger partial charge in [0.2, 0.25) is 0 Å². The maximum atomic E-state index is 12.1. The van der Waals surface area contributed by atoms with Crippen molar-refractivity contribution >= 4 is 11.6 Å². The Kier molecular flexibility index (Phi) is 4.95. The van der Waals surface area contributed by atoms with E-state index in [0.29, 0.717) is 11.3 Å². The molecule has 0 bridgehead atoms. The lowest BCUT2D eigenvalue weighted by Gasteiger charge is -2.07. The molecule has 4 heteroatoms. The molecule has 1 saturated carbocycles. The van der Waals surface area contributed by atoms with Crippen molar-refractivity contribution in [2.75, 3.05) is 7.11 Å². The first-order valence-corrected chi connectivity index (χ1v) is 6.80. The number of amides is 1. The van der Waals surface area contributed by atoms with Crippen LogP contribution in [-0.2, 0) is 0 Å². The molecular formula is C15H20N2O2. The van der Waals surface area contributed by atoms with Gasteiger partial charge in [0.05, 0.1) is 12.7 Å². The molecule has 1 aromatic carbocycles. The van der Waals surface area contributed by atoms with Gasteiger partial charge in [-0.15, -0.1) is 0 Å². The fourth-order valence-electron chi connectivity index (χ4n) is 2.27. The number of rotatable bonds is 3. The van der Waals surface area contributed by atoms with Crippen molar-refractivity contribution < 1.29 is 9.53 Å². The Hall–Kier alpha value is -1.84. The largest absolute Gasteiger partial charge is 0.496 e. The van der Waals surface area contributed by atoms with Crippen LogP contribution in [0.1, 0.15) is 48.9 Å². The molecule has 4 nitrogen and oxygen atoms in total. The molecule has 0 aliphatic heterocycles. The number of carbonyl (C=O) groups is 1. The number of hydrazone groups is 1. The number of carbonyl (C=O) groups excluding carboxylic acids is 1. The maximum Gasteiger partial charge on any atom is 0.275 e. The second-order valence-corrected chi connectivity index (χ2v) is 4.73. The molecule has 19 heavy (non-hydrogen) atoms. The van der Waals surface area contributed by atoms with Gasteiger partial charge in [-0.1, -0.05) is 25.0 Å². The summed E-state index contributed by atoms with van der Waals surface area (Å²) in [6.45, 7) is 0. The predicted octanol–water partition coefficient (Wildman–Crippen LogP) is 3.14. The molecule has 102 valence electrons. The van der Waals surface area contributed by atoms with E-state index in [4.69, 9.17) is 4.74 Å². The number of benzene rings is 1. The zero-order valence-electron chi connectivity index (χ0n) is 11.3. The summed E-state index contributed by atoms with van der Waals surface area (Å²) >= 11 is 0. The first-order chi connectivity index (χ1) is 9.31. The molecule has 1 N–H and O–H groups in total. The number of nitrogens with zero attached hydrogens (tertiary/aromatic N) is 1. The first-order valence-electron chi connectivity index (χ1n) is 6.80. The summed E-state index contributed by atoms with van der Waals surface area (Å²) < 4.78 is 5.17. The molecule has 1 aliphatic carbocycles. The van der Waals surface area contributed by atoms with E-state index in [1.807, 2.05) is 12.1 Å². The van der Waals surface area contributed by atoms with Crippen LogP contribution in [0.3, 0.4) is 0 Å². The molecule has 0 radical (unpaired) electrons. The standard InChI is InChI=1S/C15H20N2O2/c1-19-14-11-7-6-10-13(14)15(18)17-16-12-8-4-2-3-5-9-12/h6-7,10-11H,2-5,8-9H2,1H3,(H,17,18). The van der Waals surface area contributed by atoms with Crippen molar-refractivity contribution in [3.8, 4) is 5.75 Å². The molecular weight excluding hydrogens is 240 g/mol. The average molecular weight is 260 g/mol. The third kappa shape index (κ3) is 3.81. The summed E-state index contributed by atoms with van der Waals surface area (Å²) in [7, 11) is 1.56. The van der Waals surface area contributed by atoms with E-state index in [-0.39, 0.29) is 5.91 Å². The Morgan fingerprint density at radius 1 is 1.16 bits per heavy atom. The van der Waals surface area contributed by atoms with E-state index < -0.39 is 0 Å². The number of ether oxygens (including phenoxy) is 1. The quantitative estimate of drug-likeness (QED) is 0.670. The monoisotopic (exact) mass is 260 g/mol. The van der Waals surface area contributed by atoms with Gasteiger partial charge < -0.3 is 4.74 Å². The van der Waals surface area contributed by atoms with Gasteiger partial charge in [-0.2, -0.15) is 5.10 Å². The summed E-state index contributed by atoms with van der Waals surface area (Å²) in [6.07, 6.45) is 6.85. The molecule has 0 spiro atoms. The second-order valence-electron chi connectivity index (χ2n) is 4.73. The number of hydrogen-bond donors (Lipinski definition) is 1. The van der Waals surface area contributed by atoms with Gasteiger partial charge >= 0.3 is 0 Å². The highest BCUT2D eigenvalue weighted by molar-refractivity contribution is 5.97. The lowest BCUT2D eigenvalue weighted by molar-refractivity contribution is 0.0951. The minimum absolute atomic E-state index is 0.214. The minimum Gasteiger partial charge on any atom is -0.496 e. The van der Waals surface area contributed by atoms with Crippen molar-refractivity contribution in [3.05, 3.63) is 29.8 Å². The van der Waals surface area contributed by atoms with Crippen LogP contribution in [0.25, 0.3) is 0 Å². The number of para-hydroxylation sites is 1. The Bertz CT molecular complexity index is 459. The third-order valence-corrected chi connectivity index (χ3v) is 3.35. The van der Waals surface area contributed by atoms with E-state index in [1.54, 1.807) is 19.2 Å². The smallest absolute Gasteiger partial charge is 0.275 e. The average Bonchev–Trinajstić information content (AvgIpc) is 2.73. The lowest BCUT2D eigenvalue weighted by atomic mass is 10.2. The fourth-order valence-corrected chi connectivity index (χ4v) is 2.27. The summed E-state index contributed by atoms with van der Waals surface area (Å²) in [6, 6.07) is 7.16. The molecule has 0 aromatic heterocycles. The van der Waals surface area contributed by atoms with Crippen LogP contribution >= 0.6 is 0 Å². The lowest BCUT2D eigenvalue weighted by Crippen LogP contribution is -2.20. The molecule has 0 saturated heterocycles. The van der Waals surface area contributed by atoms with Crippen molar-refractivity contribution in [2.45, 2.75) is 38.5 Å². The zero-order chi connectivity index (χ0) is 13.5. The minimum atomic E-state index is -0.214. The van der Waals surface area contributed by atoms with Gasteiger partial charge in [-0.3, -0.25) is 4.79 Å². The van der Waals surface area contributed by atoms with Gasteiger partial charge in [0.25, 0.3) is 5.91 Å². The highest BCUT2D eigenvalue weighted by Crippen LogP contribution is 2.17. The Balaban J connectivity index is 2.02. The third-order valence-electron chi connectivity index (χ3n) is 3.35. The summed E-state index contributed by atoms with van der Waals surface area (Å²) in [5.74, 6) is 0.357. The first kappa shape index (κ1) is 13.6. The van der Waals surface area contributed by atoms with E-state index >= 15 is 0 Å². The SMILES string of the molecule is COc1ccccc1C(=O)NN=C1CCCCCC1. The van der Waals surface area contributed by atoms with Crippen molar-refractivity contribution in [1.29, 1.82) is 0 Å². The normalized spacial score (nSPS) is 15.5. The van der Waals surface area contributed by atoms with Crippen molar-refractivity contribution in [2.24, 2.45) is 5.10 Å². The van der Waals surface area contributed by atoms with Crippen LogP contribution in [0.15, 0.2) is 29.4 Å². The highest BCUT2D eigenvalue weighted by atomic mass is 16.5. The van der Waals surface area contributed by atoms with Crippen LogP contribution in [0, 0.1) is 0 Å². The summed E-state index contributed by atoms with van der Waals surface area (Å²) in [5, 5.41) is 4.26.